The molecule has 3 N–H and O–H groups in total. The van der Waals surface area contributed by atoms with Gasteiger partial charge < -0.3 is 4.42 Å². The van der Waals surface area contributed by atoms with Gasteiger partial charge in [0.2, 0.25) is 0 Å². The molecule has 0 radical (unpaired) electrons. The number of hydrazine groups is 1. The van der Waals surface area contributed by atoms with Gasteiger partial charge in [0.15, 0.2) is 0 Å². The van der Waals surface area contributed by atoms with Gasteiger partial charge in [0.05, 0.1) is 6.04 Å². The lowest BCUT2D eigenvalue weighted by atomic mass is 9.74. The summed E-state index contributed by atoms with van der Waals surface area (Å²) in [6.45, 7) is 0. The van der Waals surface area contributed by atoms with Crippen LogP contribution in [-0.2, 0) is 6.42 Å². The van der Waals surface area contributed by atoms with Crippen molar-refractivity contribution in [2.24, 2.45) is 5.84 Å². The van der Waals surface area contributed by atoms with Crippen molar-refractivity contribution in [3.8, 4) is 0 Å². The first kappa shape index (κ1) is 12.6. The molecule has 0 saturated carbocycles. The molecule has 0 bridgehead atoms. The number of nitrogens with one attached hydrogen (secondary N) is 1. The maximum absolute atomic E-state index is 5.94. The molecule has 1 heterocycles. The smallest absolute Gasteiger partial charge is 0.134 e. The number of benzene rings is 2. The summed E-state index contributed by atoms with van der Waals surface area (Å²) in [6.07, 6.45) is 2.10. The Bertz CT molecular complexity index is 744. The minimum Gasteiger partial charge on any atom is -0.459 e. The van der Waals surface area contributed by atoms with E-state index in [0.717, 1.165) is 29.6 Å². The Morgan fingerprint density at radius 3 is 2.76 bits per heavy atom. The van der Waals surface area contributed by atoms with E-state index in [1.807, 2.05) is 18.2 Å². The molecular formula is C18H18N2O. The number of rotatable bonds is 4. The minimum atomic E-state index is 0.0516. The lowest BCUT2D eigenvalue weighted by Crippen LogP contribution is -2.31. The third-order valence-corrected chi connectivity index (χ3v) is 4.47. The van der Waals surface area contributed by atoms with Gasteiger partial charge in [-0.1, -0.05) is 42.5 Å². The van der Waals surface area contributed by atoms with Crippen LogP contribution >= 0.6 is 0 Å². The van der Waals surface area contributed by atoms with E-state index in [9.17, 15) is 0 Å². The third kappa shape index (κ3) is 2.15. The monoisotopic (exact) mass is 278 g/mol. The largest absolute Gasteiger partial charge is 0.459 e. The van der Waals surface area contributed by atoms with E-state index in [-0.39, 0.29) is 6.04 Å². The molecule has 1 aliphatic rings. The summed E-state index contributed by atoms with van der Waals surface area (Å²) in [5.41, 5.74) is 6.75. The Kier molecular flexibility index (Phi) is 3.02. The first-order valence-electron chi connectivity index (χ1n) is 7.37. The molecule has 3 aromatic rings. The van der Waals surface area contributed by atoms with Gasteiger partial charge in [0, 0.05) is 5.39 Å². The van der Waals surface area contributed by atoms with E-state index in [0.29, 0.717) is 5.92 Å². The van der Waals surface area contributed by atoms with Gasteiger partial charge in [-0.3, -0.25) is 5.84 Å². The molecule has 2 unspecified atom stereocenters. The van der Waals surface area contributed by atoms with Crippen molar-refractivity contribution in [3.63, 3.8) is 0 Å². The van der Waals surface area contributed by atoms with Gasteiger partial charge in [-0.25, -0.2) is 5.43 Å². The molecule has 4 rings (SSSR count). The fraction of sp³-hybridized carbons (Fsp3) is 0.222. The van der Waals surface area contributed by atoms with E-state index in [2.05, 4.69) is 41.8 Å². The second-order valence-electron chi connectivity index (χ2n) is 5.74. The van der Waals surface area contributed by atoms with E-state index in [1.54, 1.807) is 0 Å². The van der Waals surface area contributed by atoms with Crippen molar-refractivity contribution in [1.82, 2.24) is 5.43 Å². The molecule has 21 heavy (non-hydrogen) atoms. The van der Waals surface area contributed by atoms with Gasteiger partial charge in [-0.15, -0.1) is 0 Å². The molecule has 1 aromatic heterocycles. The summed E-state index contributed by atoms with van der Waals surface area (Å²) in [5.74, 6) is 7.25. The van der Waals surface area contributed by atoms with Crippen LogP contribution in [0.3, 0.4) is 0 Å². The Hall–Kier alpha value is -2.10. The van der Waals surface area contributed by atoms with E-state index >= 15 is 0 Å². The van der Waals surface area contributed by atoms with Crippen LogP contribution in [0.2, 0.25) is 0 Å². The topological polar surface area (TPSA) is 51.2 Å². The summed E-state index contributed by atoms with van der Waals surface area (Å²) in [4.78, 5) is 0. The number of fused-ring (bicyclic) bond motifs is 2. The van der Waals surface area contributed by atoms with Gasteiger partial charge in [-0.05, 0) is 42.0 Å². The predicted molar refractivity (Wildman–Crippen MR) is 83.8 cm³/mol. The van der Waals surface area contributed by atoms with Crippen molar-refractivity contribution in [2.45, 2.75) is 24.8 Å². The SMILES string of the molecule is NNC(CC1Cc2ccccc21)c1cc2ccccc2o1. The van der Waals surface area contributed by atoms with E-state index < -0.39 is 0 Å². The van der Waals surface area contributed by atoms with Crippen LogP contribution in [0.5, 0.6) is 0 Å². The van der Waals surface area contributed by atoms with E-state index in [1.165, 1.54) is 11.1 Å². The molecule has 106 valence electrons. The second-order valence-corrected chi connectivity index (χ2v) is 5.74. The summed E-state index contributed by atoms with van der Waals surface area (Å²) in [6, 6.07) is 18.8. The first-order chi connectivity index (χ1) is 10.3. The standard InChI is InChI=1S/C18H18N2O/c19-20-16(10-14-9-12-5-1-3-7-15(12)14)18-11-13-6-2-4-8-17(13)21-18/h1-8,11,14,16,20H,9-10,19H2. The van der Waals surface area contributed by atoms with Crippen LogP contribution < -0.4 is 11.3 Å². The zero-order valence-corrected chi connectivity index (χ0v) is 11.8. The molecule has 2 atom stereocenters. The molecule has 0 fully saturated rings. The number of hydrogen-bond donors (Lipinski definition) is 2. The van der Waals surface area contributed by atoms with Crippen LogP contribution in [0.15, 0.2) is 59.0 Å². The van der Waals surface area contributed by atoms with Crippen molar-refractivity contribution in [1.29, 1.82) is 0 Å². The molecule has 0 saturated heterocycles. The predicted octanol–water partition coefficient (Wildman–Crippen LogP) is 3.67. The fourth-order valence-corrected chi connectivity index (χ4v) is 3.30. The van der Waals surface area contributed by atoms with Crippen molar-refractivity contribution < 1.29 is 4.42 Å². The highest BCUT2D eigenvalue weighted by atomic mass is 16.3. The Morgan fingerprint density at radius 2 is 1.95 bits per heavy atom. The quantitative estimate of drug-likeness (QED) is 0.565. The summed E-state index contributed by atoms with van der Waals surface area (Å²) >= 11 is 0. The van der Waals surface area contributed by atoms with Crippen molar-refractivity contribution in [2.75, 3.05) is 0 Å². The zero-order chi connectivity index (χ0) is 14.2. The molecule has 3 heteroatoms. The molecule has 0 spiro atoms. The maximum Gasteiger partial charge on any atom is 0.134 e. The normalized spacial score (nSPS) is 18.2. The molecule has 2 aromatic carbocycles. The summed E-state index contributed by atoms with van der Waals surface area (Å²) < 4.78 is 5.94. The Morgan fingerprint density at radius 1 is 1.14 bits per heavy atom. The Labute approximate surface area is 123 Å². The lowest BCUT2D eigenvalue weighted by Gasteiger charge is -2.32. The highest BCUT2D eigenvalue weighted by Crippen LogP contribution is 2.41. The van der Waals surface area contributed by atoms with Crippen LogP contribution in [0.25, 0.3) is 11.0 Å². The number of hydrogen-bond acceptors (Lipinski definition) is 3. The summed E-state index contributed by atoms with van der Waals surface area (Å²) in [7, 11) is 0. The molecule has 1 aliphatic carbocycles. The van der Waals surface area contributed by atoms with Gasteiger partial charge in [-0.2, -0.15) is 0 Å². The van der Waals surface area contributed by atoms with Crippen molar-refractivity contribution >= 4 is 11.0 Å². The van der Waals surface area contributed by atoms with Gasteiger partial charge in [0.25, 0.3) is 0 Å². The van der Waals surface area contributed by atoms with Gasteiger partial charge >= 0.3 is 0 Å². The summed E-state index contributed by atoms with van der Waals surface area (Å²) in [5, 5.41) is 1.13. The van der Waals surface area contributed by atoms with E-state index in [4.69, 9.17) is 10.3 Å². The highest BCUT2D eigenvalue weighted by molar-refractivity contribution is 5.77. The maximum atomic E-state index is 5.94. The minimum absolute atomic E-state index is 0.0516. The fourth-order valence-electron chi connectivity index (χ4n) is 3.30. The average Bonchev–Trinajstić information content (AvgIpc) is 2.92. The van der Waals surface area contributed by atoms with Gasteiger partial charge in [0.1, 0.15) is 11.3 Å². The van der Waals surface area contributed by atoms with Crippen molar-refractivity contribution in [3.05, 3.63) is 71.5 Å². The molecular weight excluding hydrogens is 260 g/mol. The molecule has 3 nitrogen and oxygen atoms in total. The number of furan rings is 1. The Balaban J connectivity index is 1.58. The van der Waals surface area contributed by atoms with Crippen LogP contribution in [-0.4, -0.2) is 0 Å². The van der Waals surface area contributed by atoms with Crippen LogP contribution in [0, 0.1) is 0 Å². The molecule has 0 aliphatic heterocycles. The number of nitrogens with two attached hydrogens (primary N) is 1. The highest BCUT2D eigenvalue weighted by Gasteiger charge is 2.29. The van der Waals surface area contributed by atoms with Crippen LogP contribution in [0.1, 0.15) is 35.3 Å². The lowest BCUT2D eigenvalue weighted by molar-refractivity contribution is 0.377. The zero-order valence-electron chi connectivity index (χ0n) is 11.8. The number of para-hydroxylation sites is 1. The third-order valence-electron chi connectivity index (χ3n) is 4.47. The molecule has 0 amide bonds. The second kappa shape index (κ2) is 5.02. The van der Waals surface area contributed by atoms with Crippen LogP contribution in [0.4, 0.5) is 0 Å². The average molecular weight is 278 g/mol. The first-order valence-corrected chi connectivity index (χ1v) is 7.37.